The van der Waals surface area contributed by atoms with Gasteiger partial charge in [0, 0.05) is 0 Å². The number of methoxy groups -OCH3 is 1. The summed E-state index contributed by atoms with van der Waals surface area (Å²) in [5, 5.41) is 25.4. The topological polar surface area (TPSA) is 115 Å². The fourth-order valence-electron chi connectivity index (χ4n) is 1.96. The zero-order valence-corrected chi connectivity index (χ0v) is 12.7. The van der Waals surface area contributed by atoms with Crippen molar-refractivity contribution < 1.29 is 37.7 Å². The SMILES string of the molecule is COC(=O)C(O)(c1cn([C@H](C(=O)O)C(C)(C)C)nn1)C(F)(F)F. The first-order valence-electron chi connectivity index (χ1n) is 6.29. The molecular weight excluding hydrogens is 323 g/mol. The number of alkyl halides is 3. The van der Waals surface area contributed by atoms with Crippen molar-refractivity contribution >= 4 is 11.9 Å². The van der Waals surface area contributed by atoms with E-state index < -0.39 is 40.9 Å². The van der Waals surface area contributed by atoms with Gasteiger partial charge in [-0.25, -0.2) is 14.3 Å². The molecule has 0 fully saturated rings. The minimum absolute atomic E-state index is 0.564. The molecule has 2 atom stereocenters. The summed E-state index contributed by atoms with van der Waals surface area (Å²) >= 11 is 0. The molecule has 0 saturated heterocycles. The summed E-state index contributed by atoms with van der Waals surface area (Å²) in [6.07, 6.45) is -4.87. The third-order valence-electron chi connectivity index (χ3n) is 3.09. The van der Waals surface area contributed by atoms with Crippen LogP contribution in [0.2, 0.25) is 0 Å². The van der Waals surface area contributed by atoms with Crippen LogP contribution in [-0.2, 0) is 19.9 Å². The fourth-order valence-corrected chi connectivity index (χ4v) is 1.96. The van der Waals surface area contributed by atoms with Crippen LogP contribution in [0.5, 0.6) is 0 Å². The van der Waals surface area contributed by atoms with Gasteiger partial charge in [-0.2, -0.15) is 13.2 Å². The quantitative estimate of drug-likeness (QED) is 0.782. The van der Waals surface area contributed by atoms with Gasteiger partial charge in [-0.05, 0) is 5.41 Å². The lowest BCUT2D eigenvalue weighted by molar-refractivity contribution is -0.268. The Labute approximate surface area is 128 Å². The van der Waals surface area contributed by atoms with Gasteiger partial charge >= 0.3 is 23.7 Å². The van der Waals surface area contributed by atoms with Crippen molar-refractivity contribution in [3.63, 3.8) is 0 Å². The van der Waals surface area contributed by atoms with Gasteiger partial charge in [-0.3, -0.25) is 0 Å². The number of carbonyl (C=O) groups excluding carboxylic acids is 1. The maximum absolute atomic E-state index is 13.1. The van der Waals surface area contributed by atoms with Gasteiger partial charge < -0.3 is 14.9 Å². The number of ether oxygens (including phenoxy) is 1. The lowest BCUT2D eigenvalue weighted by Crippen LogP contribution is -2.50. The van der Waals surface area contributed by atoms with E-state index in [1.54, 1.807) is 0 Å². The van der Waals surface area contributed by atoms with Gasteiger partial charge in [-0.1, -0.05) is 26.0 Å². The Morgan fingerprint density at radius 3 is 2.17 bits per heavy atom. The molecule has 0 spiro atoms. The maximum atomic E-state index is 13.1. The summed E-state index contributed by atoms with van der Waals surface area (Å²) in [7, 11) is 0.665. The molecular formula is C12H16F3N3O5. The van der Waals surface area contributed by atoms with Gasteiger partial charge in [0.15, 0.2) is 6.04 Å². The molecule has 1 aromatic rings. The van der Waals surface area contributed by atoms with Gasteiger partial charge in [0.25, 0.3) is 0 Å². The first-order chi connectivity index (χ1) is 10.3. The molecule has 1 rings (SSSR count). The first-order valence-corrected chi connectivity index (χ1v) is 6.29. The van der Waals surface area contributed by atoms with Crippen LogP contribution < -0.4 is 0 Å². The lowest BCUT2D eigenvalue weighted by Gasteiger charge is -2.27. The number of hydrogen-bond donors (Lipinski definition) is 2. The number of hydrogen-bond acceptors (Lipinski definition) is 6. The summed E-state index contributed by atoms with van der Waals surface area (Å²) in [5.74, 6) is -3.36. The van der Waals surface area contributed by atoms with E-state index in [1.165, 1.54) is 20.8 Å². The molecule has 1 unspecified atom stereocenters. The molecule has 0 aliphatic carbocycles. The average Bonchev–Trinajstić information content (AvgIpc) is 2.82. The van der Waals surface area contributed by atoms with E-state index in [9.17, 15) is 33.0 Å². The van der Waals surface area contributed by atoms with Crippen LogP contribution in [0.25, 0.3) is 0 Å². The molecule has 0 aliphatic rings. The summed E-state index contributed by atoms with van der Waals surface area (Å²) in [4.78, 5) is 22.7. The van der Waals surface area contributed by atoms with Crippen LogP contribution in [-0.4, -0.2) is 50.4 Å². The molecule has 2 N–H and O–H groups in total. The molecule has 0 radical (unpaired) electrons. The van der Waals surface area contributed by atoms with Gasteiger partial charge in [0.05, 0.1) is 13.3 Å². The maximum Gasteiger partial charge on any atom is 0.434 e. The van der Waals surface area contributed by atoms with Crippen molar-refractivity contribution in [3.8, 4) is 0 Å². The number of aromatic nitrogens is 3. The van der Waals surface area contributed by atoms with Crippen molar-refractivity contribution in [2.24, 2.45) is 5.41 Å². The van der Waals surface area contributed by atoms with E-state index in [1.807, 2.05) is 0 Å². The summed E-state index contributed by atoms with van der Waals surface area (Å²) in [6.45, 7) is 4.59. The van der Waals surface area contributed by atoms with Crippen LogP contribution >= 0.6 is 0 Å². The number of carboxylic acid groups (broad SMARTS) is 1. The molecule has 0 saturated carbocycles. The first kappa shape index (κ1) is 18.9. The highest BCUT2D eigenvalue weighted by molar-refractivity contribution is 5.81. The van der Waals surface area contributed by atoms with E-state index in [0.29, 0.717) is 18.0 Å². The predicted octanol–water partition coefficient (Wildman–Crippen LogP) is 0.873. The normalized spacial score (nSPS) is 16.5. The molecule has 23 heavy (non-hydrogen) atoms. The highest BCUT2D eigenvalue weighted by Crippen LogP contribution is 2.39. The van der Waals surface area contributed by atoms with Crippen LogP contribution in [0.1, 0.15) is 32.5 Å². The smallest absolute Gasteiger partial charge is 0.434 e. The van der Waals surface area contributed by atoms with Crippen LogP contribution in [0.15, 0.2) is 6.20 Å². The number of esters is 1. The Balaban J connectivity index is 3.44. The Bertz CT molecular complexity index is 608. The molecule has 0 aliphatic heterocycles. The number of rotatable bonds is 4. The van der Waals surface area contributed by atoms with E-state index in [0.717, 1.165) is 0 Å². The van der Waals surface area contributed by atoms with Crippen molar-refractivity contribution in [1.82, 2.24) is 15.0 Å². The Morgan fingerprint density at radius 2 is 1.83 bits per heavy atom. The van der Waals surface area contributed by atoms with Gasteiger partial charge in [-0.15, -0.1) is 5.10 Å². The van der Waals surface area contributed by atoms with Crippen molar-refractivity contribution in [1.29, 1.82) is 0 Å². The lowest BCUT2D eigenvalue weighted by atomic mass is 9.87. The Kier molecular flexibility index (Phi) is 4.76. The molecule has 0 amide bonds. The van der Waals surface area contributed by atoms with Crippen molar-refractivity contribution in [2.75, 3.05) is 7.11 Å². The molecule has 1 aromatic heterocycles. The zero-order valence-electron chi connectivity index (χ0n) is 12.7. The van der Waals surface area contributed by atoms with E-state index in [2.05, 4.69) is 15.0 Å². The van der Waals surface area contributed by atoms with E-state index >= 15 is 0 Å². The number of nitrogens with zero attached hydrogens (tertiary/aromatic N) is 3. The van der Waals surface area contributed by atoms with Crippen LogP contribution in [0.4, 0.5) is 13.2 Å². The predicted molar refractivity (Wildman–Crippen MR) is 68.1 cm³/mol. The largest absolute Gasteiger partial charge is 0.480 e. The zero-order chi connectivity index (χ0) is 18.2. The van der Waals surface area contributed by atoms with Crippen molar-refractivity contribution in [2.45, 2.75) is 38.6 Å². The summed E-state index contributed by atoms with van der Waals surface area (Å²) < 4.78 is 43.9. The molecule has 8 nitrogen and oxygen atoms in total. The van der Waals surface area contributed by atoms with Crippen LogP contribution in [0.3, 0.4) is 0 Å². The monoisotopic (exact) mass is 339 g/mol. The summed E-state index contributed by atoms with van der Waals surface area (Å²) in [6, 6.07) is -1.36. The van der Waals surface area contributed by atoms with Crippen molar-refractivity contribution in [3.05, 3.63) is 11.9 Å². The average molecular weight is 339 g/mol. The second kappa shape index (κ2) is 5.80. The second-order valence-corrected chi connectivity index (χ2v) is 5.89. The minimum Gasteiger partial charge on any atom is -0.480 e. The standard InChI is InChI=1S/C12H16F3N3O5/c1-10(2,3)7(8(19)20)18-5-6(16-17-18)11(22,9(21)23-4)12(13,14)15/h5,7,22H,1-4H3,(H,19,20)/t7-,11?/m1/s1. The van der Waals surface area contributed by atoms with Gasteiger partial charge in [0.1, 0.15) is 5.69 Å². The minimum atomic E-state index is -5.43. The van der Waals surface area contributed by atoms with E-state index in [-0.39, 0.29) is 0 Å². The number of aliphatic carboxylic acids is 1. The highest BCUT2D eigenvalue weighted by atomic mass is 19.4. The highest BCUT2D eigenvalue weighted by Gasteiger charge is 2.64. The Hall–Kier alpha value is -2.17. The molecule has 130 valence electrons. The molecule has 0 bridgehead atoms. The fraction of sp³-hybridized carbons (Fsp3) is 0.667. The molecule has 1 heterocycles. The number of halogens is 3. The number of aliphatic hydroxyl groups is 1. The number of carbonyl (C=O) groups is 2. The second-order valence-electron chi connectivity index (χ2n) is 5.89. The third-order valence-corrected chi connectivity index (χ3v) is 3.09. The van der Waals surface area contributed by atoms with Gasteiger partial charge in [0.2, 0.25) is 0 Å². The number of carboxylic acids is 1. The third kappa shape index (κ3) is 3.28. The van der Waals surface area contributed by atoms with Crippen LogP contribution in [0, 0.1) is 5.41 Å². The van der Waals surface area contributed by atoms with E-state index in [4.69, 9.17) is 0 Å². The molecule has 11 heteroatoms. The summed E-state index contributed by atoms with van der Waals surface area (Å²) in [5.41, 5.74) is -6.13. The Morgan fingerprint density at radius 1 is 1.30 bits per heavy atom. The molecule has 0 aromatic carbocycles.